The summed E-state index contributed by atoms with van der Waals surface area (Å²) in [5.74, 6) is 0. The molecule has 0 aromatic heterocycles. The fraction of sp³-hybridized carbons (Fsp3) is 1.00. The quantitative estimate of drug-likeness (QED) is 0.302. The summed E-state index contributed by atoms with van der Waals surface area (Å²) in [5.41, 5.74) is 2.04. The minimum atomic E-state index is -2.60. The van der Waals surface area contributed by atoms with Gasteiger partial charge in [0, 0.05) is 19.5 Å². The Morgan fingerprint density at radius 3 is 0.909 bits per heavy atom. The Kier molecular flexibility index (Phi) is 7.57. The van der Waals surface area contributed by atoms with Gasteiger partial charge in [0.2, 0.25) is 0 Å². The van der Waals surface area contributed by atoms with E-state index in [0.29, 0.717) is 17.0 Å². The normalized spacial score (nSPS) is 28.5. The van der Waals surface area contributed by atoms with Gasteiger partial charge in [-0.3, -0.25) is 0 Å². The summed E-state index contributed by atoms with van der Waals surface area (Å²) in [4.78, 5) is 0. The van der Waals surface area contributed by atoms with Crippen LogP contribution in [-0.2, 0) is 19.5 Å². The molecule has 0 nitrogen and oxygen atoms in total. The molecule has 3 rings (SSSR count). The smallest absolute Gasteiger partial charge is 0 e. The Bertz CT molecular complexity index is 291. The first-order valence-electron chi connectivity index (χ1n) is 9.56. The van der Waals surface area contributed by atoms with Crippen LogP contribution in [0.3, 0.4) is 0 Å². The summed E-state index contributed by atoms with van der Waals surface area (Å²) < 4.78 is 0. The maximum atomic E-state index is 7.73. The van der Waals surface area contributed by atoms with E-state index in [1.165, 1.54) is 96.3 Å². The molecule has 0 aliphatic heterocycles. The van der Waals surface area contributed by atoms with Gasteiger partial charge in [-0.15, -0.1) is 0 Å². The van der Waals surface area contributed by atoms with Crippen molar-refractivity contribution in [1.29, 1.82) is 0 Å². The largest absolute Gasteiger partial charge is 0 e. The summed E-state index contributed by atoms with van der Waals surface area (Å²) in [6.07, 6.45) is 20.5. The number of hydrogen-bond acceptors (Lipinski definition) is 0. The third-order valence-electron chi connectivity index (χ3n) is 6.82. The van der Waals surface area contributed by atoms with Crippen molar-refractivity contribution in [2.45, 2.75) is 113 Å². The molecule has 0 bridgehead atoms. The second-order valence-corrected chi connectivity index (χ2v) is 17.4. The van der Waals surface area contributed by atoms with Gasteiger partial charge in [-0.2, -0.15) is 0 Å². The second-order valence-electron chi connectivity index (χ2n) is 7.97. The number of rotatable bonds is 3. The van der Waals surface area contributed by atoms with E-state index in [0.717, 1.165) is 0 Å². The van der Waals surface area contributed by atoms with Crippen LogP contribution in [0, 0.1) is 0 Å². The van der Waals surface area contributed by atoms with E-state index in [-0.39, 0.29) is 19.5 Å². The molecule has 3 fully saturated rings. The third kappa shape index (κ3) is 3.74. The van der Waals surface area contributed by atoms with Gasteiger partial charge in [-0.1, -0.05) is 0 Å². The minimum absolute atomic E-state index is 0. The van der Waals surface area contributed by atoms with Crippen molar-refractivity contribution >= 4 is 27.8 Å². The van der Waals surface area contributed by atoms with Gasteiger partial charge >= 0.3 is 141 Å². The Hall–Kier alpha value is 1.63. The van der Waals surface area contributed by atoms with Crippen LogP contribution >= 0.6 is 27.8 Å². The molecule has 0 N–H and O–H groups in total. The van der Waals surface area contributed by atoms with Crippen LogP contribution in [0.1, 0.15) is 96.3 Å². The second kappa shape index (κ2) is 8.34. The Balaban J connectivity index is 0.00000176. The van der Waals surface area contributed by atoms with Crippen LogP contribution < -0.4 is 0 Å². The molecule has 22 heavy (non-hydrogen) atoms. The first-order valence-corrected chi connectivity index (χ1v) is 13.8. The van der Waals surface area contributed by atoms with Crippen LogP contribution in [0.2, 0.25) is 0 Å². The summed E-state index contributed by atoms with van der Waals surface area (Å²) >= 11 is 15.5. The van der Waals surface area contributed by atoms with E-state index in [4.69, 9.17) is 22.5 Å². The molecule has 0 heterocycles. The van der Waals surface area contributed by atoms with Gasteiger partial charge in [-0.05, 0) is 0 Å². The van der Waals surface area contributed by atoms with Crippen molar-refractivity contribution in [2.75, 3.05) is 0 Å². The fourth-order valence-corrected chi connectivity index (χ4v) is 15.0. The van der Waals surface area contributed by atoms with E-state index < -0.39 is 5.31 Å². The molecule has 0 saturated heterocycles. The van der Waals surface area contributed by atoms with E-state index in [1.54, 1.807) is 0 Å². The zero-order chi connectivity index (χ0) is 14.8. The van der Waals surface area contributed by atoms with Crippen molar-refractivity contribution in [3.05, 3.63) is 0 Å². The maximum absolute atomic E-state index is 7.73. The van der Waals surface area contributed by atoms with Gasteiger partial charge in [0.1, 0.15) is 0 Å². The van der Waals surface area contributed by atoms with E-state index in [1.807, 2.05) is 0 Å². The van der Waals surface area contributed by atoms with Gasteiger partial charge in [-0.25, -0.2) is 0 Å². The van der Waals surface area contributed by atoms with Gasteiger partial charge < -0.3 is 0 Å². The molecule has 0 amide bonds. The molecule has 3 aliphatic rings. The average Bonchev–Trinajstić information content (AvgIpc) is 2.57. The van der Waals surface area contributed by atoms with Crippen molar-refractivity contribution in [1.82, 2.24) is 0 Å². The summed E-state index contributed by atoms with van der Waals surface area (Å²) in [5, 5.41) is -2.60. The van der Waals surface area contributed by atoms with Crippen LogP contribution in [-0.4, -0.2) is 17.0 Å². The van der Waals surface area contributed by atoms with Crippen LogP contribution in [0.4, 0.5) is 0 Å². The molecule has 3 aliphatic carbocycles. The van der Waals surface area contributed by atoms with Crippen LogP contribution in [0.15, 0.2) is 0 Å². The molecule has 0 spiro atoms. The molecule has 4 heteroatoms. The first-order chi connectivity index (χ1) is 10.1. The standard InChI is InChI=1S/C18H33Cl2P.Ru/c19-21(20,16-10-4-1-5-11-16,17-12-6-2-7-13-17)18-14-8-3-9-15-18;/h16-18H,1-15H2;. The van der Waals surface area contributed by atoms with Gasteiger partial charge in [0.05, 0.1) is 0 Å². The summed E-state index contributed by atoms with van der Waals surface area (Å²) in [6.45, 7) is 0. The molecule has 0 aromatic rings. The topological polar surface area (TPSA) is 0 Å². The Morgan fingerprint density at radius 2 is 0.682 bits per heavy atom. The van der Waals surface area contributed by atoms with Crippen LogP contribution in [0.25, 0.3) is 0 Å². The van der Waals surface area contributed by atoms with Crippen molar-refractivity contribution < 1.29 is 19.5 Å². The summed E-state index contributed by atoms with van der Waals surface area (Å²) in [7, 11) is 0. The molecule has 0 unspecified atom stereocenters. The van der Waals surface area contributed by atoms with E-state index >= 15 is 0 Å². The predicted molar refractivity (Wildman–Crippen MR) is 99.2 cm³/mol. The number of halogens is 2. The predicted octanol–water partition coefficient (Wildman–Crippen LogP) is 7.84. The zero-order valence-corrected chi connectivity index (χ0v) is 18.0. The Morgan fingerprint density at radius 1 is 0.455 bits per heavy atom. The molecule has 0 radical (unpaired) electrons. The SMILES string of the molecule is ClP(Cl)(C1CCCCC1)(C1CCCCC1)C1CCCCC1.[Ru]. The first kappa shape index (κ1) is 20.0. The zero-order valence-electron chi connectivity index (χ0n) is 13.9. The molecular weight excluding hydrogens is 419 g/mol. The van der Waals surface area contributed by atoms with Gasteiger partial charge in [0.25, 0.3) is 0 Å². The maximum Gasteiger partial charge on any atom is 0 e. The number of hydrogen-bond donors (Lipinski definition) is 0. The van der Waals surface area contributed by atoms with Crippen molar-refractivity contribution in [3.63, 3.8) is 0 Å². The molecular formula is C18H33Cl2PRu. The molecule has 132 valence electrons. The fourth-order valence-electron chi connectivity index (χ4n) is 5.62. The minimum Gasteiger partial charge on any atom is 0 e. The van der Waals surface area contributed by atoms with Crippen molar-refractivity contribution in [3.8, 4) is 0 Å². The Labute approximate surface area is 160 Å². The van der Waals surface area contributed by atoms with E-state index in [9.17, 15) is 0 Å². The summed E-state index contributed by atoms with van der Waals surface area (Å²) in [6, 6.07) is 0. The van der Waals surface area contributed by atoms with Gasteiger partial charge in [0.15, 0.2) is 0 Å². The molecule has 0 aromatic carbocycles. The average molecular weight is 452 g/mol. The third-order valence-corrected chi connectivity index (χ3v) is 17.5. The van der Waals surface area contributed by atoms with Crippen molar-refractivity contribution in [2.24, 2.45) is 0 Å². The monoisotopic (exact) mass is 452 g/mol. The molecule has 3 saturated carbocycles. The van der Waals surface area contributed by atoms with E-state index in [2.05, 4.69) is 0 Å². The van der Waals surface area contributed by atoms with Crippen LogP contribution in [0.5, 0.6) is 0 Å². The molecule has 0 atom stereocenters.